The summed E-state index contributed by atoms with van der Waals surface area (Å²) in [4.78, 5) is 29.4. The normalized spacial score (nSPS) is 20.1. The van der Waals surface area contributed by atoms with E-state index < -0.39 is 5.97 Å². The van der Waals surface area contributed by atoms with Crippen LogP contribution in [0.15, 0.2) is 18.2 Å². The maximum atomic E-state index is 12.5. The standard InChI is InChI=1S/C16H22N2O3/c1-11(9-15(19)20)13-6-4-8-18(10-13)16(21)14-7-3-5-12(2)17-14/h3,5,7,11,13H,4,6,8-10H2,1-2H3,(H,19,20). The molecule has 1 saturated heterocycles. The van der Waals surface area contributed by atoms with Crippen LogP contribution in [0.1, 0.15) is 42.4 Å². The van der Waals surface area contributed by atoms with Crippen LogP contribution < -0.4 is 0 Å². The number of carbonyl (C=O) groups is 2. The lowest BCUT2D eigenvalue weighted by molar-refractivity contribution is -0.138. The number of amides is 1. The zero-order valence-electron chi connectivity index (χ0n) is 12.6. The van der Waals surface area contributed by atoms with Crippen molar-refractivity contribution in [2.45, 2.75) is 33.1 Å². The lowest BCUT2D eigenvalue weighted by Gasteiger charge is -2.35. The van der Waals surface area contributed by atoms with Crippen LogP contribution >= 0.6 is 0 Å². The number of aliphatic carboxylic acids is 1. The molecule has 114 valence electrons. The van der Waals surface area contributed by atoms with Gasteiger partial charge in [-0.3, -0.25) is 9.59 Å². The first kappa shape index (κ1) is 15.5. The molecule has 1 aromatic heterocycles. The summed E-state index contributed by atoms with van der Waals surface area (Å²) in [5, 5.41) is 8.91. The Bertz CT molecular complexity index is 530. The number of carbonyl (C=O) groups excluding carboxylic acids is 1. The molecule has 0 aromatic carbocycles. The average Bonchev–Trinajstić information content (AvgIpc) is 2.46. The first-order chi connectivity index (χ1) is 9.97. The molecular weight excluding hydrogens is 268 g/mol. The van der Waals surface area contributed by atoms with Crippen molar-refractivity contribution < 1.29 is 14.7 Å². The Balaban J connectivity index is 2.03. The molecule has 0 bridgehead atoms. The molecule has 0 radical (unpaired) electrons. The zero-order chi connectivity index (χ0) is 15.4. The molecule has 0 aliphatic carbocycles. The van der Waals surface area contributed by atoms with Crippen molar-refractivity contribution in [3.63, 3.8) is 0 Å². The third-order valence-corrected chi connectivity index (χ3v) is 4.15. The van der Waals surface area contributed by atoms with Crippen LogP contribution in [-0.4, -0.2) is 40.0 Å². The smallest absolute Gasteiger partial charge is 0.303 e. The Kier molecular flexibility index (Phi) is 4.94. The van der Waals surface area contributed by atoms with Gasteiger partial charge < -0.3 is 10.0 Å². The summed E-state index contributed by atoms with van der Waals surface area (Å²) in [6.45, 7) is 5.18. The van der Waals surface area contributed by atoms with Crippen LogP contribution in [0.4, 0.5) is 0 Å². The van der Waals surface area contributed by atoms with Crippen molar-refractivity contribution in [1.29, 1.82) is 0 Å². The largest absolute Gasteiger partial charge is 0.481 e. The van der Waals surface area contributed by atoms with Gasteiger partial charge in [0.1, 0.15) is 5.69 Å². The predicted molar refractivity (Wildman–Crippen MR) is 79.0 cm³/mol. The van der Waals surface area contributed by atoms with Gasteiger partial charge >= 0.3 is 5.97 Å². The fourth-order valence-electron chi connectivity index (χ4n) is 2.93. The van der Waals surface area contributed by atoms with Gasteiger partial charge in [0.2, 0.25) is 0 Å². The van der Waals surface area contributed by atoms with E-state index in [0.29, 0.717) is 12.2 Å². The van der Waals surface area contributed by atoms with Gasteiger partial charge in [0.05, 0.1) is 0 Å². The lowest BCUT2D eigenvalue weighted by atomic mass is 9.84. The number of aromatic nitrogens is 1. The summed E-state index contributed by atoms with van der Waals surface area (Å²) in [5.41, 5.74) is 1.30. The number of pyridine rings is 1. The summed E-state index contributed by atoms with van der Waals surface area (Å²) in [6.07, 6.45) is 2.07. The summed E-state index contributed by atoms with van der Waals surface area (Å²) in [5.74, 6) is -0.482. The number of hydrogen-bond donors (Lipinski definition) is 1. The molecule has 1 aliphatic rings. The van der Waals surface area contributed by atoms with E-state index in [2.05, 4.69) is 4.98 Å². The third kappa shape index (κ3) is 4.03. The highest BCUT2D eigenvalue weighted by Gasteiger charge is 2.29. The summed E-state index contributed by atoms with van der Waals surface area (Å²) >= 11 is 0. The molecule has 5 nitrogen and oxygen atoms in total. The second kappa shape index (κ2) is 6.70. The van der Waals surface area contributed by atoms with Gasteiger partial charge in [-0.2, -0.15) is 0 Å². The van der Waals surface area contributed by atoms with Crippen LogP contribution in [0.2, 0.25) is 0 Å². The van der Waals surface area contributed by atoms with Gasteiger partial charge in [-0.15, -0.1) is 0 Å². The molecular formula is C16H22N2O3. The third-order valence-electron chi connectivity index (χ3n) is 4.15. The number of hydrogen-bond acceptors (Lipinski definition) is 3. The second-order valence-corrected chi connectivity index (χ2v) is 5.89. The first-order valence-corrected chi connectivity index (χ1v) is 7.42. The van der Waals surface area contributed by atoms with E-state index in [1.165, 1.54) is 0 Å². The molecule has 1 aliphatic heterocycles. The number of rotatable bonds is 4. The number of nitrogens with zero attached hydrogens (tertiary/aromatic N) is 2. The number of piperidine rings is 1. The molecule has 2 heterocycles. The molecule has 1 aromatic rings. The van der Waals surface area contributed by atoms with Crippen LogP contribution in [0, 0.1) is 18.8 Å². The van der Waals surface area contributed by atoms with Crippen LogP contribution in [0.25, 0.3) is 0 Å². The molecule has 21 heavy (non-hydrogen) atoms. The van der Waals surface area contributed by atoms with Gasteiger partial charge in [0.25, 0.3) is 5.91 Å². The average molecular weight is 290 g/mol. The minimum atomic E-state index is -0.772. The molecule has 1 fully saturated rings. The Labute approximate surface area is 125 Å². The fraction of sp³-hybridized carbons (Fsp3) is 0.562. The number of carboxylic acid groups (broad SMARTS) is 1. The molecule has 5 heteroatoms. The van der Waals surface area contributed by atoms with E-state index in [-0.39, 0.29) is 24.2 Å². The predicted octanol–water partition coefficient (Wildman–Crippen LogP) is 2.35. The van der Waals surface area contributed by atoms with E-state index in [4.69, 9.17) is 5.11 Å². The molecule has 2 atom stereocenters. The molecule has 2 unspecified atom stereocenters. The van der Waals surface area contributed by atoms with Gasteiger partial charge in [0.15, 0.2) is 0 Å². The highest BCUT2D eigenvalue weighted by Crippen LogP contribution is 2.26. The van der Waals surface area contributed by atoms with E-state index >= 15 is 0 Å². The van der Waals surface area contributed by atoms with Gasteiger partial charge in [-0.25, -0.2) is 4.98 Å². The lowest BCUT2D eigenvalue weighted by Crippen LogP contribution is -2.42. The molecule has 1 N–H and O–H groups in total. The Morgan fingerprint density at radius 1 is 1.48 bits per heavy atom. The van der Waals surface area contributed by atoms with E-state index in [1.54, 1.807) is 6.07 Å². The molecule has 0 spiro atoms. The fourth-order valence-corrected chi connectivity index (χ4v) is 2.93. The topological polar surface area (TPSA) is 70.5 Å². The quantitative estimate of drug-likeness (QED) is 0.924. The van der Waals surface area contributed by atoms with Crippen molar-refractivity contribution in [2.75, 3.05) is 13.1 Å². The summed E-state index contributed by atoms with van der Waals surface area (Å²) < 4.78 is 0. The Morgan fingerprint density at radius 2 is 2.24 bits per heavy atom. The number of likely N-dealkylation sites (tertiary alicyclic amines) is 1. The van der Waals surface area contributed by atoms with Crippen molar-refractivity contribution in [2.24, 2.45) is 11.8 Å². The van der Waals surface area contributed by atoms with Crippen LogP contribution in [-0.2, 0) is 4.79 Å². The number of carboxylic acids is 1. The summed E-state index contributed by atoms with van der Waals surface area (Å²) in [6, 6.07) is 5.44. The maximum Gasteiger partial charge on any atom is 0.303 e. The summed E-state index contributed by atoms with van der Waals surface area (Å²) in [7, 11) is 0. The molecule has 0 saturated carbocycles. The van der Waals surface area contributed by atoms with Gasteiger partial charge in [0, 0.05) is 25.2 Å². The minimum absolute atomic E-state index is 0.0501. The molecule has 2 rings (SSSR count). The van der Waals surface area contributed by atoms with Crippen LogP contribution in [0.3, 0.4) is 0 Å². The maximum absolute atomic E-state index is 12.5. The highest BCUT2D eigenvalue weighted by molar-refractivity contribution is 5.92. The van der Waals surface area contributed by atoms with E-state index in [1.807, 2.05) is 30.9 Å². The minimum Gasteiger partial charge on any atom is -0.481 e. The van der Waals surface area contributed by atoms with E-state index in [0.717, 1.165) is 25.1 Å². The van der Waals surface area contributed by atoms with Gasteiger partial charge in [-0.1, -0.05) is 13.0 Å². The monoisotopic (exact) mass is 290 g/mol. The van der Waals surface area contributed by atoms with Crippen molar-refractivity contribution in [1.82, 2.24) is 9.88 Å². The SMILES string of the molecule is Cc1cccc(C(=O)N2CCCC(C(C)CC(=O)O)C2)n1. The Hall–Kier alpha value is -1.91. The van der Waals surface area contributed by atoms with Crippen molar-refractivity contribution >= 4 is 11.9 Å². The highest BCUT2D eigenvalue weighted by atomic mass is 16.4. The van der Waals surface area contributed by atoms with Crippen LogP contribution in [0.5, 0.6) is 0 Å². The first-order valence-electron chi connectivity index (χ1n) is 7.42. The van der Waals surface area contributed by atoms with Crippen molar-refractivity contribution in [3.8, 4) is 0 Å². The molecule has 1 amide bonds. The Morgan fingerprint density at radius 3 is 2.90 bits per heavy atom. The second-order valence-electron chi connectivity index (χ2n) is 5.89. The number of aryl methyl sites for hydroxylation is 1. The van der Waals surface area contributed by atoms with E-state index in [9.17, 15) is 9.59 Å². The van der Waals surface area contributed by atoms with Gasteiger partial charge in [-0.05, 0) is 43.7 Å². The van der Waals surface area contributed by atoms with Crippen molar-refractivity contribution in [3.05, 3.63) is 29.6 Å². The zero-order valence-corrected chi connectivity index (χ0v) is 12.6.